The number of hydrogen-bond donors (Lipinski definition) is 1. The van der Waals surface area contributed by atoms with E-state index in [1.165, 1.54) is 41.7 Å². The summed E-state index contributed by atoms with van der Waals surface area (Å²) in [6, 6.07) is 11.4. The number of nitrogens with one attached hydrogen (secondary N) is 1. The predicted molar refractivity (Wildman–Crippen MR) is 91.6 cm³/mol. The second-order valence-electron chi connectivity index (χ2n) is 5.15. The number of halogens is 1. The van der Waals surface area contributed by atoms with E-state index in [4.69, 9.17) is 0 Å². The summed E-state index contributed by atoms with van der Waals surface area (Å²) in [6.07, 6.45) is 0. The molecule has 0 radical (unpaired) electrons. The Morgan fingerprint density at radius 2 is 1.96 bits per heavy atom. The van der Waals surface area contributed by atoms with Gasteiger partial charge in [0.15, 0.2) is 0 Å². The fourth-order valence-corrected chi connectivity index (χ4v) is 2.84. The minimum absolute atomic E-state index is 0.364. The molecular weight excluding hydrogens is 329 g/mol. The zero-order valence-electron chi connectivity index (χ0n) is 12.8. The second kappa shape index (κ2) is 6.76. The molecule has 0 aliphatic carbocycles. The van der Waals surface area contributed by atoms with Crippen LogP contribution < -0.4 is 10.9 Å². The molecule has 3 aromatic rings. The zero-order chi connectivity index (χ0) is 17.1. The zero-order valence-corrected chi connectivity index (χ0v) is 13.6. The normalized spacial score (nSPS) is 11.9. The Kier molecular flexibility index (Phi) is 4.52. The molecule has 0 aliphatic rings. The average molecular weight is 343 g/mol. The summed E-state index contributed by atoms with van der Waals surface area (Å²) < 4.78 is 14.1. The third-order valence-corrected chi connectivity index (χ3v) is 4.35. The Morgan fingerprint density at radius 1 is 1.21 bits per heavy atom. The standard InChI is InChI=1S/C17H14FN3O2S/c1-11(17(23)19-13-6-4-12(18)5-7-13)21-16(22)9-8-14(20-21)15-3-2-10-24-15/h2-11H,1H3,(H,19,23). The van der Waals surface area contributed by atoms with Crippen LogP contribution in [0.3, 0.4) is 0 Å². The van der Waals surface area contributed by atoms with Gasteiger partial charge in [-0.15, -0.1) is 11.3 Å². The van der Waals surface area contributed by atoms with Gasteiger partial charge in [0.1, 0.15) is 17.6 Å². The second-order valence-corrected chi connectivity index (χ2v) is 6.10. The molecule has 1 aromatic carbocycles. The van der Waals surface area contributed by atoms with Crippen molar-refractivity contribution in [1.82, 2.24) is 9.78 Å². The topological polar surface area (TPSA) is 64.0 Å². The molecule has 1 N–H and O–H groups in total. The van der Waals surface area contributed by atoms with E-state index in [1.807, 2.05) is 17.5 Å². The molecule has 122 valence electrons. The van der Waals surface area contributed by atoms with Gasteiger partial charge in [-0.1, -0.05) is 6.07 Å². The summed E-state index contributed by atoms with van der Waals surface area (Å²) in [7, 11) is 0. The predicted octanol–water partition coefficient (Wildman–Crippen LogP) is 3.31. The monoisotopic (exact) mass is 343 g/mol. The van der Waals surface area contributed by atoms with E-state index >= 15 is 0 Å². The van der Waals surface area contributed by atoms with E-state index in [0.29, 0.717) is 11.4 Å². The number of thiophene rings is 1. The molecule has 2 heterocycles. The highest BCUT2D eigenvalue weighted by Gasteiger charge is 2.18. The summed E-state index contributed by atoms with van der Waals surface area (Å²) >= 11 is 1.50. The lowest BCUT2D eigenvalue weighted by Gasteiger charge is -2.14. The third kappa shape index (κ3) is 3.41. The van der Waals surface area contributed by atoms with Gasteiger partial charge in [0, 0.05) is 11.8 Å². The lowest BCUT2D eigenvalue weighted by atomic mass is 10.2. The van der Waals surface area contributed by atoms with Crippen LogP contribution in [-0.4, -0.2) is 15.7 Å². The van der Waals surface area contributed by atoms with Crippen LogP contribution in [0, 0.1) is 5.82 Å². The van der Waals surface area contributed by atoms with E-state index < -0.39 is 11.9 Å². The van der Waals surface area contributed by atoms with Crippen molar-refractivity contribution in [3.8, 4) is 10.6 Å². The molecule has 5 nitrogen and oxygen atoms in total. The SMILES string of the molecule is CC(C(=O)Nc1ccc(F)cc1)n1nc(-c2cccs2)ccc1=O. The Balaban J connectivity index is 1.84. The van der Waals surface area contributed by atoms with Crippen LogP contribution >= 0.6 is 11.3 Å². The van der Waals surface area contributed by atoms with Crippen LogP contribution in [-0.2, 0) is 4.79 Å². The molecule has 0 spiro atoms. The lowest BCUT2D eigenvalue weighted by molar-refractivity contribution is -0.119. The molecule has 0 fully saturated rings. The number of rotatable bonds is 4. The van der Waals surface area contributed by atoms with E-state index in [9.17, 15) is 14.0 Å². The van der Waals surface area contributed by atoms with Crippen LogP contribution in [0.2, 0.25) is 0 Å². The molecule has 1 unspecified atom stereocenters. The summed E-state index contributed by atoms with van der Waals surface area (Å²) in [6.45, 7) is 1.59. The average Bonchev–Trinajstić information content (AvgIpc) is 3.11. The number of carbonyl (C=O) groups is 1. The van der Waals surface area contributed by atoms with Crippen LogP contribution in [0.1, 0.15) is 13.0 Å². The first-order valence-electron chi connectivity index (χ1n) is 7.25. The first kappa shape index (κ1) is 16.1. The number of aromatic nitrogens is 2. The molecule has 0 saturated carbocycles. The van der Waals surface area contributed by atoms with Crippen LogP contribution in [0.15, 0.2) is 58.7 Å². The molecule has 1 amide bonds. The van der Waals surface area contributed by atoms with Gasteiger partial charge in [0.05, 0.1) is 4.88 Å². The van der Waals surface area contributed by atoms with Crippen molar-refractivity contribution in [2.24, 2.45) is 0 Å². The number of carbonyl (C=O) groups excluding carboxylic acids is 1. The van der Waals surface area contributed by atoms with Gasteiger partial charge < -0.3 is 5.32 Å². The molecule has 0 bridgehead atoms. The Hall–Kier alpha value is -2.80. The molecule has 0 saturated heterocycles. The van der Waals surface area contributed by atoms with Crippen molar-refractivity contribution >= 4 is 22.9 Å². The van der Waals surface area contributed by atoms with Gasteiger partial charge in [-0.3, -0.25) is 9.59 Å². The number of hydrogen-bond acceptors (Lipinski definition) is 4. The highest BCUT2D eigenvalue weighted by Crippen LogP contribution is 2.21. The Bertz CT molecular complexity index is 904. The molecule has 24 heavy (non-hydrogen) atoms. The largest absolute Gasteiger partial charge is 0.324 e. The summed E-state index contributed by atoms with van der Waals surface area (Å²) in [4.78, 5) is 25.3. The van der Waals surface area contributed by atoms with Gasteiger partial charge in [-0.05, 0) is 48.7 Å². The van der Waals surface area contributed by atoms with E-state index in [-0.39, 0.29) is 11.4 Å². The summed E-state index contributed by atoms with van der Waals surface area (Å²) in [5.74, 6) is -0.790. The van der Waals surface area contributed by atoms with E-state index in [2.05, 4.69) is 10.4 Å². The summed E-state index contributed by atoms with van der Waals surface area (Å²) in [5.41, 5.74) is 0.721. The molecule has 1 atom stereocenters. The van der Waals surface area contributed by atoms with Gasteiger partial charge in [-0.25, -0.2) is 9.07 Å². The van der Waals surface area contributed by atoms with Crippen molar-refractivity contribution in [3.63, 3.8) is 0 Å². The van der Waals surface area contributed by atoms with Gasteiger partial charge in [-0.2, -0.15) is 5.10 Å². The summed E-state index contributed by atoms with van der Waals surface area (Å²) in [5, 5.41) is 8.85. The van der Waals surface area contributed by atoms with Gasteiger partial charge >= 0.3 is 0 Å². The Morgan fingerprint density at radius 3 is 2.62 bits per heavy atom. The van der Waals surface area contributed by atoms with Crippen molar-refractivity contribution in [2.45, 2.75) is 13.0 Å². The quantitative estimate of drug-likeness (QED) is 0.790. The number of anilines is 1. The van der Waals surface area contributed by atoms with Gasteiger partial charge in [0.25, 0.3) is 5.56 Å². The molecule has 2 aromatic heterocycles. The minimum atomic E-state index is -0.803. The lowest BCUT2D eigenvalue weighted by Crippen LogP contribution is -2.33. The number of benzene rings is 1. The van der Waals surface area contributed by atoms with Crippen molar-refractivity contribution < 1.29 is 9.18 Å². The van der Waals surface area contributed by atoms with Crippen LogP contribution in [0.4, 0.5) is 10.1 Å². The first-order chi connectivity index (χ1) is 11.5. The maximum atomic E-state index is 12.9. The highest BCUT2D eigenvalue weighted by molar-refractivity contribution is 7.13. The van der Waals surface area contributed by atoms with Gasteiger partial charge in [0.2, 0.25) is 5.91 Å². The molecule has 7 heteroatoms. The molecular formula is C17H14FN3O2S. The Labute approximate surface area is 141 Å². The van der Waals surface area contributed by atoms with Crippen molar-refractivity contribution in [2.75, 3.05) is 5.32 Å². The van der Waals surface area contributed by atoms with Crippen molar-refractivity contribution in [3.05, 3.63) is 70.1 Å². The molecule has 3 rings (SSSR count). The van der Waals surface area contributed by atoms with E-state index in [1.54, 1.807) is 13.0 Å². The van der Waals surface area contributed by atoms with Crippen LogP contribution in [0.25, 0.3) is 10.6 Å². The first-order valence-corrected chi connectivity index (χ1v) is 8.13. The smallest absolute Gasteiger partial charge is 0.267 e. The fourth-order valence-electron chi connectivity index (χ4n) is 2.15. The fraction of sp³-hybridized carbons (Fsp3) is 0.118. The number of nitrogens with zero attached hydrogens (tertiary/aromatic N) is 2. The van der Waals surface area contributed by atoms with Crippen LogP contribution in [0.5, 0.6) is 0 Å². The minimum Gasteiger partial charge on any atom is -0.324 e. The third-order valence-electron chi connectivity index (χ3n) is 3.46. The molecule has 0 aliphatic heterocycles. The number of amides is 1. The maximum Gasteiger partial charge on any atom is 0.267 e. The van der Waals surface area contributed by atoms with E-state index in [0.717, 1.165) is 9.56 Å². The maximum absolute atomic E-state index is 12.9. The van der Waals surface area contributed by atoms with Crippen molar-refractivity contribution in [1.29, 1.82) is 0 Å². The highest BCUT2D eigenvalue weighted by atomic mass is 32.1.